The Kier molecular flexibility index (Phi) is 10.8. The Hall–Kier alpha value is -0.760. The lowest BCUT2D eigenvalue weighted by Gasteiger charge is -2.22. The first kappa shape index (κ1) is 23.9. The smallest absolute Gasteiger partial charge is 0.0459 e. The number of nitrogens with one attached hydrogen (secondary N) is 1. The highest BCUT2D eigenvalue weighted by molar-refractivity contribution is 9.10. The maximum Gasteiger partial charge on any atom is 0.0459 e. The second-order valence-electron chi connectivity index (χ2n) is 9.77. The van der Waals surface area contributed by atoms with Crippen LogP contribution in [0.3, 0.4) is 0 Å². The third-order valence-corrected chi connectivity index (χ3v) is 7.71. The fourth-order valence-electron chi connectivity index (χ4n) is 5.35. The van der Waals surface area contributed by atoms with E-state index in [0.717, 1.165) is 5.92 Å². The van der Waals surface area contributed by atoms with E-state index in [2.05, 4.69) is 46.0 Å². The first-order valence-electron chi connectivity index (χ1n) is 13.1. The molecule has 0 amide bonds. The van der Waals surface area contributed by atoms with Gasteiger partial charge in [0.05, 0.1) is 0 Å². The van der Waals surface area contributed by atoms with E-state index in [4.69, 9.17) is 0 Å². The first-order valence-corrected chi connectivity index (χ1v) is 13.9. The van der Waals surface area contributed by atoms with Crippen molar-refractivity contribution in [2.24, 2.45) is 5.92 Å². The number of benzene rings is 1. The Morgan fingerprint density at radius 3 is 2.07 bits per heavy atom. The molecule has 1 aliphatic carbocycles. The van der Waals surface area contributed by atoms with Gasteiger partial charge in [-0.1, -0.05) is 119 Å². The topological polar surface area (TPSA) is 15.8 Å². The number of aryl methyl sites for hydroxylation is 1. The lowest BCUT2D eigenvalue weighted by atomic mass is 9.84. The number of aromatic nitrogens is 1. The normalized spacial score (nSPS) is 16.3. The quantitative estimate of drug-likeness (QED) is 0.247. The number of unbranched alkanes of at least 4 members (excludes halogenated alkanes) is 13. The maximum atomic E-state index is 3.70. The predicted molar refractivity (Wildman–Crippen MR) is 136 cm³/mol. The van der Waals surface area contributed by atoms with Gasteiger partial charge in [0.25, 0.3) is 0 Å². The minimum absolute atomic E-state index is 0.895. The molecule has 0 saturated carbocycles. The highest BCUT2D eigenvalue weighted by Crippen LogP contribution is 2.34. The van der Waals surface area contributed by atoms with E-state index in [1.54, 1.807) is 5.56 Å². The summed E-state index contributed by atoms with van der Waals surface area (Å²) in [5.41, 5.74) is 4.42. The Morgan fingerprint density at radius 1 is 0.833 bits per heavy atom. The number of rotatable bonds is 15. The molecule has 0 radical (unpaired) electrons. The van der Waals surface area contributed by atoms with Gasteiger partial charge in [-0.3, -0.25) is 0 Å². The van der Waals surface area contributed by atoms with Crippen molar-refractivity contribution in [3.8, 4) is 0 Å². The van der Waals surface area contributed by atoms with E-state index < -0.39 is 0 Å². The molecule has 168 valence electrons. The van der Waals surface area contributed by atoms with Crippen LogP contribution in [0.2, 0.25) is 0 Å². The molecule has 1 aliphatic rings. The highest BCUT2D eigenvalue weighted by Gasteiger charge is 2.22. The summed E-state index contributed by atoms with van der Waals surface area (Å²) >= 11 is 3.63. The lowest BCUT2D eigenvalue weighted by Crippen LogP contribution is -2.13. The van der Waals surface area contributed by atoms with Crippen molar-refractivity contribution in [1.82, 2.24) is 4.98 Å². The van der Waals surface area contributed by atoms with Gasteiger partial charge in [0, 0.05) is 21.1 Å². The van der Waals surface area contributed by atoms with Gasteiger partial charge in [0.1, 0.15) is 0 Å². The zero-order valence-electron chi connectivity index (χ0n) is 19.4. The van der Waals surface area contributed by atoms with Crippen molar-refractivity contribution in [1.29, 1.82) is 0 Å². The molecule has 3 rings (SSSR count). The Morgan fingerprint density at radius 2 is 1.43 bits per heavy atom. The van der Waals surface area contributed by atoms with Crippen molar-refractivity contribution in [3.63, 3.8) is 0 Å². The molecule has 0 bridgehead atoms. The van der Waals surface area contributed by atoms with Crippen molar-refractivity contribution in [3.05, 3.63) is 33.9 Å². The summed E-state index contributed by atoms with van der Waals surface area (Å²) < 4.78 is 1.20. The molecule has 0 saturated heterocycles. The molecule has 30 heavy (non-hydrogen) atoms. The summed E-state index contributed by atoms with van der Waals surface area (Å²) in [6, 6.07) is 6.66. The second-order valence-corrected chi connectivity index (χ2v) is 10.7. The average Bonchev–Trinajstić information content (AvgIpc) is 3.11. The molecule has 1 aromatic carbocycles. The van der Waals surface area contributed by atoms with E-state index in [1.807, 2.05) is 0 Å². The van der Waals surface area contributed by atoms with Gasteiger partial charge in [0.2, 0.25) is 0 Å². The lowest BCUT2D eigenvalue weighted by molar-refractivity contribution is 0.401. The van der Waals surface area contributed by atoms with Crippen LogP contribution in [-0.2, 0) is 12.8 Å². The van der Waals surface area contributed by atoms with Crippen LogP contribution in [0.5, 0.6) is 0 Å². The third kappa shape index (κ3) is 7.74. The fourth-order valence-corrected chi connectivity index (χ4v) is 5.71. The Labute approximate surface area is 193 Å². The number of fused-ring (bicyclic) bond motifs is 3. The molecule has 1 aromatic heterocycles. The molecule has 0 aliphatic heterocycles. The fraction of sp³-hybridized carbons (Fsp3) is 0.714. The summed E-state index contributed by atoms with van der Waals surface area (Å²) in [6.07, 6.45) is 25.7. The molecule has 2 aromatic rings. The Bertz CT molecular complexity index is 732. The van der Waals surface area contributed by atoms with Gasteiger partial charge in [-0.25, -0.2) is 0 Å². The van der Waals surface area contributed by atoms with Gasteiger partial charge >= 0.3 is 0 Å². The summed E-state index contributed by atoms with van der Waals surface area (Å²) in [5, 5.41) is 1.44. The van der Waals surface area contributed by atoms with E-state index in [-0.39, 0.29) is 0 Å². The second kappa shape index (κ2) is 13.6. The number of aromatic amines is 1. The molecule has 1 N–H and O–H groups in total. The Balaban J connectivity index is 1.18. The number of hydrogen-bond acceptors (Lipinski definition) is 0. The summed E-state index contributed by atoms with van der Waals surface area (Å²) in [5.74, 6) is 0.895. The van der Waals surface area contributed by atoms with E-state index >= 15 is 0 Å². The molecule has 1 heterocycles. The third-order valence-electron chi connectivity index (χ3n) is 7.22. The van der Waals surface area contributed by atoms with Crippen LogP contribution in [0.1, 0.15) is 121 Å². The van der Waals surface area contributed by atoms with Crippen LogP contribution in [0.4, 0.5) is 0 Å². The molecule has 0 fully saturated rings. The minimum Gasteiger partial charge on any atom is -0.358 e. The van der Waals surface area contributed by atoms with Crippen molar-refractivity contribution in [2.45, 2.75) is 122 Å². The molecule has 1 unspecified atom stereocenters. The van der Waals surface area contributed by atoms with E-state index in [9.17, 15) is 0 Å². The van der Waals surface area contributed by atoms with Gasteiger partial charge in [0.15, 0.2) is 0 Å². The molecular weight excluding hydrogens is 430 g/mol. The average molecular weight is 475 g/mol. The monoisotopic (exact) mass is 473 g/mol. The van der Waals surface area contributed by atoms with Gasteiger partial charge in [-0.15, -0.1) is 0 Å². The zero-order chi connectivity index (χ0) is 21.0. The van der Waals surface area contributed by atoms with Crippen LogP contribution in [-0.4, -0.2) is 4.98 Å². The number of H-pyrrole nitrogens is 1. The largest absolute Gasteiger partial charge is 0.358 e. The molecule has 1 nitrogen and oxygen atoms in total. The standard InChI is InChI=1S/C28H44BrN/c1-2-3-4-5-6-7-8-9-10-11-12-13-14-15-16-23-17-19-25-26-22-24(29)18-20-27(26)30-28(25)21-23/h18,20,22-23,30H,2-17,19,21H2,1H3. The van der Waals surface area contributed by atoms with Crippen molar-refractivity contribution in [2.75, 3.05) is 0 Å². The molecule has 0 spiro atoms. The summed E-state index contributed by atoms with van der Waals surface area (Å²) in [6.45, 7) is 2.30. The summed E-state index contributed by atoms with van der Waals surface area (Å²) in [7, 11) is 0. The maximum absolute atomic E-state index is 3.70. The zero-order valence-corrected chi connectivity index (χ0v) is 21.0. The van der Waals surface area contributed by atoms with E-state index in [1.165, 1.54) is 137 Å². The van der Waals surface area contributed by atoms with Crippen LogP contribution in [0.25, 0.3) is 10.9 Å². The minimum atomic E-state index is 0.895. The van der Waals surface area contributed by atoms with Crippen LogP contribution in [0, 0.1) is 5.92 Å². The van der Waals surface area contributed by atoms with Crippen LogP contribution >= 0.6 is 15.9 Å². The molecule has 2 heteroatoms. The number of hydrogen-bond donors (Lipinski definition) is 1. The van der Waals surface area contributed by atoms with Gasteiger partial charge in [-0.2, -0.15) is 0 Å². The predicted octanol–water partition coefficient (Wildman–Crippen LogP) is 9.91. The van der Waals surface area contributed by atoms with Gasteiger partial charge < -0.3 is 4.98 Å². The van der Waals surface area contributed by atoms with Crippen LogP contribution in [0.15, 0.2) is 22.7 Å². The van der Waals surface area contributed by atoms with E-state index in [0.29, 0.717) is 0 Å². The highest BCUT2D eigenvalue weighted by atomic mass is 79.9. The first-order chi connectivity index (χ1) is 14.8. The molecule has 1 atom stereocenters. The van der Waals surface area contributed by atoms with Crippen LogP contribution < -0.4 is 0 Å². The number of halogens is 1. The molecular formula is C28H44BrN. The summed E-state index contributed by atoms with van der Waals surface area (Å²) in [4.78, 5) is 3.70. The van der Waals surface area contributed by atoms with Crippen molar-refractivity contribution < 1.29 is 0 Å². The van der Waals surface area contributed by atoms with Crippen molar-refractivity contribution >= 4 is 26.8 Å². The SMILES string of the molecule is CCCCCCCCCCCCCCCCC1CCc2c([nH]c3ccc(Br)cc23)C1. The van der Waals surface area contributed by atoms with Gasteiger partial charge in [-0.05, 0) is 48.9 Å².